The van der Waals surface area contributed by atoms with Gasteiger partial charge in [-0.2, -0.15) is 5.10 Å². The number of aryl methyl sites for hydroxylation is 2. The molecular weight excluding hydrogens is 268 g/mol. The van der Waals surface area contributed by atoms with E-state index in [9.17, 15) is 9.59 Å². The van der Waals surface area contributed by atoms with Crippen molar-refractivity contribution in [3.63, 3.8) is 0 Å². The molecule has 0 unspecified atom stereocenters. The maximum absolute atomic E-state index is 11.9. The van der Waals surface area contributed by atoms with Crippen molar-refractivity contribution in [2.24, 2.45) is 5.92 Å². The Morgan fingerprint density at radius 3 is 2.76 bits per heavy atom. The number of aromatic nitrogens is 3. The van der Waals surface area contributed by atoms with Crippen molar-refractivity contribution in [1.29, 1.82) is 0 Å². The molecule has 0 fully saturated rings. The number of carbonyl (C=O) groups excluding carboxylic acids is 1. The number of carbonyl (C=O) groups is 1. The summed E-state index contributed by atoms with van der Waals surface area (Å²) in [5.74, 6) is 0.0705. The standard InChI is InChI=1S/C15H20N4O2/c1-10(9-19-12(3)6-11(2)18-19)7-17-15(21)13-4-5-14(20)16-8-13/h4-6,8,10H,7,9H2,1-3H3,(H,16,20)(H,17,21)/t10-/m1/s1. The molecule has 0 bridgehead atoms. The zero-order valence-corrected chi connectivity index (χ0v) is 12.5. The lowest BCUT2D eigenvalue weighted by atomic mass is 10.1. The first-order valence-corrected chi connectivity index (χ1v) is 6.93. The molecule has 2 heterocycles. The topological polar surface area (TPSA) is 79.8 Å². The van der Waals surface area contributed by atoms with Crippen LogP contribution in [0.1, 0.15) is 28.7 Å². The molecule has 2 N–H and O–H groups in total. The number of hydrogen-bond donors (Lipinski definition) is 2. The maximum atomic E-state index is 11.9. The first-order valence-electron chi connectivity index (χ1n) is 6.93. The highest BCUT2D eigenvalue weighted by molar-refractivity contribution is 5.93. The summed E-state index contributed by atoms with van der Waals surface area (Å²) in [4.78, 5) is 25.4. The van der Waals surface area contributed by atoms with Crippen LogP contribution in [0.3, 0.4) is 0 Å². The average molecular weight is 288 g/mol. The van der Waals surface area contributed by atoms with Gasteiger partial charge >= 0.3 is 0 Å². The van der Waals surface area contributed by atoms with E-state index in [1.165, 1.54) is 18.3 Å². The van der Waals surface area contributed by atoms with E-state index in [0.717, 1.165) is 17.9 Å². The van der Waals surface area contributed by atoms with E-state index < -0.39 is 0 Å². The van der Waals surface area contributed by atoms with Gasteiger partial charge in [0.1, 0.15) is 0 Å². The fraction of sp³-hybridized carbons (Fsp3) is 0.400. The van der Waals surface area contributed by atoms with Crippen molar-refractivity contribution in [2.45, 2.75) is 27.3 Å². The second-order valence-electron chi connectivity index (χ2n) is 5.37. The Kier molecular flexibility index (Phi) is 4.57. The third-order valence-corrected chi connectivity index (χ3v) is 3.25. The van der Waals surface area contributed by atoms with Crippen molar-refractivity contribution in [2.75, 3.05) is 6.54 Å². The van der Waals surface area contributed by atoms with Crippen LogP contribution in [0.5, 0.6) is 0 Å². The molecule has 2 rings (SSSR count). The molecule has 0 aliphatic heterocycles. The lowest BCUT2D eigenvalue weighted by molar-refractivity contribution is 0.0946. The van der Waals surface area contributed by atoms with Gasteiger partial charge in [-0.05, 0) is 31.9 Å². The van der Waals surface area contributed by atoms with E-state index in [2.05, 4.69) is 22.3 Å². The summed E-state index contributed by atoms with van der Waals surface area (Å²) in [7, 11) is 0. The smallest absolute Gasteiger partial charge is 0.252 e. The van der Waals surface area contributed by atoms with Gasteiger partial charge in [-0.1, -0.05) is 6.92 Å². The van der Waals surface area contributed by atoms with Crippen LogP contribution < -0.4 is 10.9 Å². The molecule has 0 saturated heterocycles. The van der Waals surface area contributed by atoms with Gasteiger partial charge in [0.15, 0.2) is 0 Å². The van der Waals surface area contributed by atoms with Crippen LogP contribution in [-0.4, -0.2) is 27.2 Å². The van der Waals surface area contributed by atoms with E-state index in [1.54, 1.807) is 0 Å². The second-order valence-corrected chi connectivity index (χ2v) is 5.37. The molecule has 0 radical (unpaired) electrons. The number of pyridine rings is 1. The summed E-state index contributed by atoms with van der Waals surface area (Å²) in [6.07, 6.45) is 1.42. The Morgan fingerprint density at radius 1 is 1.43 bits per heavy atom. The van der Waals surface area contributed by atoms with E-state index in [1.807, 2.05) is 24.6 Å². The highest BCUT2D eigenvalue weighted by Gasteiger charge is 2.10. The highest BCUT2D eigenvalue weighted by Crippen LogP contribution is 2.06. The van der Waals surface area contributed by atoms with Crippen LogP contribution in [0.2, 0.25) is 0 Å². The third kappa shape index (κ3) is 4.05. The minimum absolute atomic E-state index is 0.188. The van der Waals surface area contributed by atoms with Gasteiger partial charge in [-0.25, -0.2) is 0 Å². The average Bonchev–Trinajstić information content (AvgIpc) is 2.75. The summed E-state index contributed by atoms with van der Waals surface area (Å²) in [5.41, 5.74) is 2.35. The second kappa shape index (κ2) is 6.39. The Labute approximate surface area is 123 Å². The summed E-state index contributed by atoms with van der Waals surface area (Å²) in [6.45, 7) is 7.35. The molecule has 0 saturated carbocycles. The van der Waals surface area contributed by atoms with Crippen LogP contribution in [-0.2, 0) is 6.54 Å². The molecule has 2 aromatic rings. The number of rotatable bonds is 5. The lowest BCUT2D eigenvalue weighted by Gasteiger charge is -2.14. The third-order valence-electron chi connectivity index (χ3n) is 3.25. The molecule has 0 aromatic carbocycles. The maximum Gasteiger partial charge on any atom is 0.252 e. The minimum Gasteiger partial charge on any atom is -0.352 e. The molecule has 6 heteroatoms. The molecule has 1 atom stereocenters. The van der Waals surface area contributed by atoms with Crippen LogP contribution in [0.15, 0.2) is 29.2 Å². The molecule has 0 aliphatic rings. The number of hydrogen-bond acceptors (Lipinski definition) is 3. The Hall–Kier alpha value is -2.37. The summed E-state index contributed by atoms with van der Waals surface area (Å²) >= 11 is 0. The first kappa shape index (κ1) is 15.0. The lowest BCUT2D eigenvalue weighted by Crippen LogP contribution is -2.30. The predicted molar refractivity (Wildman–Crippen MR) is 80.3 cm³/mol. The highest BCUT2D eigenvalue weighted by atomic mass is 16.1. The Balaban J connectivity index is 1.87. The van der Waals surface area contributed by atoms with Gasteiger partial charge in [0.25, 0.3) is 5.91 Å². The van der Waals surface area contributed by atoms with E-state index in [4.69, 9.17) is 0 Å². The Bertz CT molecular complexity index is 667. The number of H-pyrrole nitrogens is 1. The van der Waals surface area contributed by atoms with E-state index in [0.29, 0.717) is 12.1 Å². The Morgan fingerprint density at radius 2 is 2.19 bits per heavy atom. The zero-order chi connectivity index (χ0) is 15.4. The molecule has 1 amide bonds. The predicted octanol–water partition coefficient (Wildman–Crippen LogP) is 1.25. The van der Waals surface area contributed by atoms with Crippen molar-refractivity contribution < 1.29 is 4.79 Å². The monoisotopic (exact) mass is 288 g/mol. The first-order chi connectivity index (χ1) is 9.95. The molecule has 6 nitrogen and oxygen atoms in total. The molecule has 0 spiro atoms. The van der Waals surface area contributed by atoms with Crippen molar-refractivity contribution in [1.82, 2.24) is 20.1 Å². The van der Waals surface area contributed by atoms with Crippen molar-refractivity contribution in [3.05, 3.63) is 51.7 Å². The van der Waals surface area contributed by atoms with Gasteiger partial charge in [-0.15, -0.1) is 0 Å². The van der Waals surface area contributed by atoms with E-state index in [-0.39, 0.29) is 17.4 Å². The summed E-state index contributed by atoms with van der Waals surface area (Å²) < 4.78 is 1.95. The van der Waals surface area contributed by atoms with Crippen LogP contribution >= 0.6 is 0 Å². The fourth-order valence-electron chi connectivity index (χ4n) is 2.14. The SMILES string of the molecule is Cc1cc(C)n(C[C@H](C)CNC(=O)c2ccc(=O)[nH]c2)n1. The number of nitrogens with zero attached hydrogens (tertiary/aromatic N) is 2. The van der Waals surface area contributed by atoms with Crippen LogP contribution in [0, 0.1) is 19.8 Å². The van der Waals surface area contributed by atoms with Gasteiger partial charge in [0.05, 0.1) is 11.3 Å². The molecule has 2 aromatic heterocycles. The van der Waals surface area contributed by atoms with Gasteiger partial charge in [0, 0.05) is 31.0 Å². The molecule has 0 aliphatic carbocycles. The largest absolute Gasteiger partial charge is 0.352 e. The van der Waals surface area contributed by atoms with Crippen LogP contribution in [0.25, 0.3) is 0 Å². The van der Waals surface area contributed by atoms with Gasteiger partial charge < -0.3 is 10.3 Å². The number of aromatic amines is 1. The fourth-order valence-corrected chi connectivity index (χ4v) is 2.14. The van der Waals surface area contributed by atoms with Crippen molar-refractivity contribution >= 4 is 5.91 Å². The molecular formula is C15H20N4O2. The molecule has 21 heavy (non-hydrogen) atoms. The number of nitrogens with one attached hydrogen (secondary N) is 2. The van der Waals surface area contributed by atoms with Gasteiger partial charge in [-0.3, -0.25) is 14.3 Å². The quantitative estimate of drug-likeness (QED) is 0.869. The van der Waals surface area contributed by atoms with Crippen LogP contribution in [0.4, 0.5) is 0 Å². The summed E-state index contributed by atoms with van der Waals surface area (Å²) in [5, 5.41) is 7.27. The number of amides is 1. The van der Waals surface area contributed by atoms with Crippen molar-refractivity contribution in [3.8, 4) is 0 Å². The minimum atomic E-state index is -0.218. The van der Waals surface area contributed by atoms with Gasteiger partial charge in [0.2, 0.25) is 5.56 Å². The summed E-state index contributed by atoms with van der Waals surface area (Å²) in [6, 6.07) is 4.89. The zero-order valence-electron chi connectivity index (χ0n) is 12.5. The van der Waals surface area contributed by atoms with E-state index >= 15 is 0 Å². The normalized spacial score (nSPS) is 12.1. The molecule has 112 valence electrons.